The van der Waals surface area contributed by atoms with Crippen LogP contribution in [0.25, 0.3) is 0 Å². The van der Waals surface area contributed by atoms with E-state index in [0.29, 0.717) is 0 Å². The fourth-order valence-corrected chi connectivity index (χ4v) is 3.32. The van der Waals surface area contributed by atoms with Gasteiger partial charge in [-0.05, 0) is 49.8 Å². The van der Waals surface area contributed by atoms with Crippen LogP contribution in [0.5, 0.6) is 0 Å². The van der Waals surface area contributed by atoms with Crippen LogP contribution in [-0.4, -0.2) is 0 Å². The molecule has 18 heavy (non-hydrogen) atoms. The Morgan fingerprint density at radius 2 is 1.94 bits per heavy atom. The van der Waals surface area contributed by atoms with E-state index in [1.54, 1.807) is 0 Å². The van der Waals surface area contributed by atoms with Crippen LogP contribution in [0.4, 0.5) is 0 Å². The molecule has 2 rings (SSSR count). The maximum atomic E-state index is 6.44. The van der Waals surface area contributed by atoms with E-state index in [2.05, 4.69) is 47.1 Å². The fraction of sp³-hybridized carbons (Fsp3) is 0.500. The molecule has 0 saturated carbocycles. The Morgan fingerprint density at radius 1 is 1.17 bits per heavy atom. The summed E-state index contributed by atoms with van der Waals surface area (Å²) in [5.41, 5.74) is 10.3. The summed E-state index contributed by atoms with van der Waals surface area (Å²) in [6.07, 6.45) is 10.0. The SMILES string of the molecule is Cc1ccc(C(N)/C2=C/CCCCCC2)c(Br)c1. The Morgan fingerprint density at radius 3 is 2.72 bits per heavy atom. The lowest BCUT2D eigenvalue weighted by molar-refractivity contribution is 0.602. The Balaban J connectivity index is 2.20. The van der Waals surface area contributed by atoms with E-state index in [1.807, 2.05) is 0 Å². The van der Waals surface area contributed by atoms with Crippen molar-refractivity contribution >= 4 is 15.9 Å². The summed E-state index contributed by atoms with van der Waals surface area (Å²) < 4.78 is 1.14. The van der Waals surface area contributed by atoms with Gasteiger partial charge in [-0.2, -0.15) is 0 Å². The van der Waals surface area contributed by atoms with Gasteiger partial charge in [-0.1, -0.05) is 52.6 Å². The molecule has 0 spiro atoms. The molecule has 1 aromatic rings. The Kier molecular flexibility index (Phi) is 5.02. The topological polar surface area (TPSA) is 26.0 Å². The van der Waals surface area contributed by atoms with E-state index in [-0.39, 0.29) is 6.04 Å². The Labute approximate surface area is 119 Å². The first-order valence-corrected chi connectivity index (χ1v) is 7.68. The molecule has 0 heterocycles. The Bertz CT molecular complexity index is 437. The van der Waals surface area contributed by atoms with Crippen molar-refractivity contribution in [3.63, 3.8) is 0 Å². The largest absolute Gasteiger partial charge is 0.321 e. The average Bonchev–Trinajstić information content (AvgIpc) is 2.27. The molecule has 1 unspecified atom stereocenters. The number of hydrogen-bond acceptors (Lipinski definition) is 1. The number of hydrogen-bond donors (Lipinski definition) is 1. The predicted molar refractivity (Wildman–Crippen MR) is 81.6 cm³/mol. The standard InChI is InChI=1S/C16H22BrN/c1-12-9-10-14(15(17)11-12)16(18)13-7-5-3-2-4-6-8-13/h7,9-11,16H,2-6,8,18H2,1H3/b13-7+. The van der Waals surface area contributed by atoms with E-state index >= 15 is 0 Å². The number of nitrogens with two attached hydrogens (primary N) is 1. The molecule has 1 aromatic carbocycles. The van der Waals surface area contributed by atoms with E-state index in [9.17, 15) is 0 Å². The van der Waals surface area contributed by atoms with Crippen molar-refractivity contribution in [2.75, 3.05) is 0 Å². The zero-order chi connectivity index (χ0) is 13.0. The number of benzene rings is 1. The number of halogens is 1. The second kappa shape index (κ2) is 6.53. The Hall–Kier alpha value is -0.600. The molecule has 1 nitrogen and oxygen atoms in total. The molecule has 2 heteroatoms. The molecule has 0 radical (unpaired) electrons. The maximum absolute atomic E-state index is 6.44. The third-order valence-corrected chi connectivity index (χ3v) is 4.40. The lowest BCUT2D eigenvalue weighted by Gasteiger charge is -2.20. The second-order valence-electron chi connectivity index (χ2n) is 5.23. The van der Waals surface area contributed by atoms with Crippen molar-refractivity contribution in [3.8, 4) is 0 Å². The van der Waals surface area contributed by atoms with Crippen molar-refractivity contribution in [2.24, 2.45) is 5.73 Å². The zero-order valence-electron chi connectivity index (χ0n) is 11.1. The molecule has 2 N–H and O–H groups in total. The van der Waals surface area contributed by atoms with Crippen LogP contribution in [0.2, 0.25) is 0 Å². The van der Waals surface area contributed by atoms with Crippen LogP contribution in [0.1, 0.15) is 55.7 Å². The minimum absolute atomic E-state index is 0.0538. The highest BCUT2D eigenvalue weighted by Gasteiger charge is 2.15. The summed E-state index contributed by atoms with van der Waals surface area (Å²) in [5, 5.41) is 0. The van der Waals surface area contributed by atoms with E-state index < -0.39 is 0 Å². The molecular formula is C16H22BrN. The normalized spacial score (nSPS) is 21.6. The molecule has 0 aliphatic heterocycles. The van der Waals surface area contributed by atoms with Crippen LogP contribution >= 0.6 is 15.9 Å². The van der Waals surface area contributed by atoms with Crippen molar-refractivity contribution in [1.82, 2.24) is 0 Å². The quantitative estimate of drug-likeness (QED) is 0.761. The minimum atomic E-state index is 0.0538. The average molecular weight is 308 g/mol. The van der Waals surface area contributed by atoms with E-state index in [0.717, 1.165) is 10.9 Å². The smallest absolute Gasteiger partial charge is 0.0522 e. The van der Waals surface area contributed by atoms with Gasteiger partial charge in [0.05, 0.1) is 6.04 Å². The van der Waals surface area contributed by atoms with Gasteiger partial charge >= 0.3 is 0 Å². The zero-order valence-corrected chi connectivity index (χ0v) is 12.7. The number of rotatable bonds is 2. The van der Waals surface area contributed by atoms with Gasteiger partial charge in [-0.3, -0.25) is 0 Å². The van der Waals surface area contributed by atoms with Gasteiger partial charge in [-0.25, -0.2) is 0 Å². The lowest BCUT2D eigenvalue weighted by atomic mass is 9.91. The monoisotopic (exact) mass is 307 g/mol. The van der Waals surface area contributed by atoms with E-state index in [4.69, 9.17) is 5.73 Å². The van der Waals surface area contributed by atoms with Gasteiger partial charge in [0.25, 0.3) is 0 Å². The first-order valence-electron chi connectivity index (χ1n) is 6.89. The molecule has 98 valence electrons. The first-order chi connectivity index (χ1) is 8.68. The fourth-order valence-electron chi connectivity index (χ4n) is 2.58. The molecule has 1 atom stereocenters. The summed E-state index contributed by atoms with van der Waals surface area (Å²) in [6, 6.07) is 6.50. The number of allylic oxidation sites excluding steroid dienone is 1. The van der Waals surface area contributed by atoms with Crippen LogP contribution < -0.4 is 5.73 Å². The number of aryl methyl sites for hydroxylation is 1. The molecule has 0 fully saturated rings. The highest BCUT2D eigenvalue weighted by molar-refractivity contribution is 9.10. The third-order valence-electron chi connectivity index (χ3n) is 3.72. The van der Waals surface area contributed by atoms with E-state index in [1.165, 1.54) is 48.8 Å². The van der Waals surface area contributed by atoms with Gasteiger partial charge in [0, 0.05) is 4.47 Å². The summed E-state index contributed by atoms with van der Waals surface area (Å²) in [7, 11) is 0. The predicted octanol–water partition coefficient (Wildman–Crippen LogP) is 5.04. The van der Waals surface area contributed by atoms with Gasteiger partial charge in [0.1, 0.15) is 0 Å². The molecule has 0 bridgehead atoms. The van der Waals surface area contributed by atoms with Gasteiger partial charge < -0.3 is 5.73 Å². The molecule has 0 aromatic heterocycles. The minimum Gasteiger partial charge on any atom is -0.321 e. The molecule has 0 amide bonds. The van der Waals surface area contributed by atoms with Crippen molar-refractivity contribution in [1.29, 1.82) is 0 Å². The summed E-state index contributed by atoms with van der Waals surface area (Å²) >= 11 is 3.64. The maximum Gasteiger partial charge on any atom is 0.0522 e. The van der Waals surface area contributed by atoms with Crippen LogP contribution in [0.3, 0.4) is 0 Å². The molecule has 1 aliphatic carbocycles. The van der Waals surface area contributed by atoms with Crippen molar-refractivity contribution in [2.45, 2.75) is 51.5 Å². The summed E-state index contributed by atoms with van der Waals surface area (Å²) in [4.78, 5) is 0. The van der Waals surface area contributed by atoms with Gasteiger partial charge in [0.2, 0.25) is 0 Å². The molecular weight excluding hydrogens is 286 g/mol. The van der Waals surface area contributed by atoms with Gasteiger partial charge in [-0.15, -0.1) is 0 Å². The molecule has 0 saturated heterocycles. The highest BCUT2D eigenvalue weighted by atomic mass is 79.9. The van der Waals surface area contributed by atoms with Crippen molar-refractivity contribution in [3.05, 3.63) is 45.4 Å². The summed E-state index contributed by atoms with van der Waals surface area (Å²) in [5.74, 6) is 0. The van der Waals surface area contributed by atoms with Crippen molar-refractivity contribution < 1.29 is 0 Å². The molecule has 1 aliphatic rings. The van der Waals surface area contributed by atoms with Crippen LogP contribution in [0.15, 0.2) is 34.3 Å². The summed E-state index contributed by atoms with van der Waals surface area (Å²) in [6.45, 7) is 2.11. The highest BCUT2D eigenvalue weighted by Crippen LogP contribution is 2.31. The third kappa shape index (κ3) is 3.46. The first kappa shape index (κ1) is 13.8. The van der Waals surface area contributed by atoms with Gasteiger partial charge in [0.15, 0.2) is 0 Å². The second-order valence-corrected chi connectivity index (χ2v) is 6.09. The van der Waals surface area contributed by atoms with Crippen LogP contribution in [0, 0.1) is 6.92 Å². The lowest BCUT2D eigenvalue weighted by Crippen LogP contribution is -2.14. The van der Waals surface area contributed by atoms with Crippen LogP contribution in [-0.2, 0) is 0 Å².